The number of rotatable bonds is 3. The molecule has 0 aliphatic carbocycles. The molecular weight excluding hydrogens is 364 g/mol. The van der Waals surface area contributed by atoms with Crippen LogP contribution in [0, 0.1) is 29.2 Å². The van der Waals surface area contributed by atoms with Crippen LogP contribution in [0.4, 0.5) is 23.2 Å². The van der Waals surface area contributed by atoms with Crippen molar-refractivity contribution in [3.05, 3.63) is 65.2 Å². The van der Waals surface area contributed by atoms with E-state index in [1.807, 2.05) is 0 Å². The Kier molecular flexibility index (Phi) is 5.43. The van der Waals surface area contributed by atoms with Crippen LogP contribution in [0.5, 0.6) is 0 Å². The van der Waals surface area contributed by atoms with E-state index < -0.39 is 41.0 Å². The number of hydrogen-bond acceptors (Lipinski definition) is 2. The maximum absolute atomic E-state index is 13.8. The summed E-state index contributed by atoms with van der Waals surface area (Å²) < 4.78 is 53.3. The molecule has 0 saturated carbocycles. The Morgan fingerprint density at radius 3 is 2.07 bits per heavy atom. The summed E-state index contributed by atoms with van der Waals surface area (Å²) in [5, 5.41) is 2.41. The molecular formula is C19H16F4N2O2. The molecule has 1 aliphatic rings. The topological polar surface area (TPSA) is 49.4 Å². The van der Waals surface area contributed by atoms with E-state index >= 15 is 0 Å². The highest BCUT2D eigenvalue weighted by Crippen LogP contribution is 2.23. The number of halogens is 4. The van der Waals surface area contributed by atoms with Crippen molar-refractivity contribution in [3.8, 4) is 0 Å². The molecule has 1 fully saturated rings. The second kappa shape index (κ2) is 7.77. The van der Waals surface area contributed by atoms with Crippen molar-refractivity contribution in [1.29, 1.82) is 0 Å². The lowest BCUT2D eigenvalue weighted by molar-refractivity contribution is -0.121. The first-order valence-corrected chi connectivity index (χ1v) is 8.35. The zero-order chi connectivity index (χ0) is 19.6. The molecule has 8 heteroatoms. The zero-order valence-corrected chi connectivity index (χ0v) is 14.1. The number of amides is 2. The van der Waals surface area contributed by atoms with Crippen LogP contribution in [-0.4, -0.2) is 29.8 Å². The Morgan fingerprint density at radius 1 is 0.889 bits per heavy atom. The largest absolute Gasteiger partial charge is 0.339 e. The molecule has 2 aromatic rings. The summed E-state index contributed by atoms with van der Waals surface area (Å²) in [7, 11) is 0. The maximum atomic E-state index is 13.8. The Balaban J connectivity index is 1.59. The number of nitrogens with zero attached hydrogens (tertiary/aromatic N) is 1. The summed E-state index contributed by atoms with van der Waals surface area (Å²) in [4.78, 5) is 26.0. The van der Waals surface area contributed by atoms with E-state index in [0.717, 1.165) is 24.3 Å². The van der Waals surface area contributed by atoms with Crippen LogP contribution in [0.25, 0.3) is 0 Å². The highest BCUT2D eigenvalue weighted by molar-refractivity contribution is 5.95. The summed E-state index contributed by atoms with van der Waals surface area (Å²) in [5.74, 6) is -4.79. The van der Waals surface area contributed by atoms with Gasteiger partial charge in [0.2, 0.25) is 5.91 Å². The molecule has 1 saturated heterocycles. The molecule has 1 aliphatic heterocycles. The average molecular weight is 380 g/mol. The summed E-state index contributed by atoms with van der Waals surface area (Å²) in [5.41, 5.74) is -0.346. The van der Waals surface area contributed by atoms with E-state index in [0.29, 0.717) is 25.0 Å². The Labute approximate surface area is 152 Å². The number of likely N-dealkylation sites (tertiary alicyclic amines) is 1. The number of carbonyl (C=O) groups is 2. The van der Waals surface area contributed by atoms with Gasteiger partial charge in [-0.15, -0.1) is 0 Å². The number of anilines is 1. The molecule has 2 aromatic carbocycles. The lowest BCUT2D eigenvalue weighted by atomic mass is 9.95. The second-order valence-electron chi connectivity index (χ2n) is 6.30. The van der Waals surface area contributed by atoms with E-state index in [4.69, 9.17) is 0 Å². The quantitative estimate of drug-likeness (QED) is 0.825. The van der Waals surface area contributed by atoms with Gasteiger partial charge in [0.25, 0.3) is 5.91 Å². The van der Waals surface area contributed by atoms with Gasteiger partial charge in [0.15, 0.2) is 0 Å². The van der Waals surface area contributed by atoms with Crippen LogP contribution in [0.15, 0.2) is 36.4 Å². The van der Waals surface area contributed by atoms with E-state index in [2.05, 4.69) is 5.32 Å². The third-order valence-electron chi connectivity index (χ3n) is 4.50. The van der Waals surface area contributed by atoms with Gasteiger partial charge in [-0.3, -0.25) is 9.59 Å². The van der Waals surface area contributed by atoms with Crippen LogP contribution < -0.4 is 5.32 Å². The van der Waals surface area contributed by atoms with Gasteiger partial charge in [-0.2, -0.15) is 0 Å². The summed E-state index contributed by atoms with van der Waals surface area (Å²) in [6.45, 7) is 0.416. The van der Waals surface area contributed by atoms with Gasteiger partial charge >= 0.3 is 0 Å². The number of carbonyl (C=O) groups excluding carboxylic acids is 2. The molecule has 3 rings (SSSR count). The maximum Gasteiger partial charge on any atom is 0.256 e. The van der Waals surface area contributed by atoms with Gasteiger partial charge in [0.05, 0.1) is 11.3 Å². The van der Waals surface area contributed by atoms with Crippen LogP contribution >= 0.6 is 0 Å². The fraction of sp³-hybridized carbons (Fsp3) is 0.263. The number of hydrogen-bond donors (Lipinski definition) is 1. The summed E-state index contributed by atoms with van der Waals surface area (Å²) in [6, 6.07) is 5.59. The Morgan fingerprint density at radius 2 is 1.48 bits per heavy atom. The Bertz CT molecular complexity index is 880. The molecule has 142 valence electrons. The molecule has 0 atom stereocenters. The third-order valence-corrected chi connectivity index (χ3v) is 4.50. The first kappa shape index (κ1) is 18.9. The van der Waals surface area contributed by atoms with Gasteiger partial charge in [-0.1, -0.05) is 0 Å². The van der Waals surface area contributed by atoms with E-state index in [1.54, 1.807) is 0 Å². The molecule has 1 heterocycles. The molecule has 0 bridgehead atoms. The minimum Gasteiger partial charge on any atom is -0.339 e. The van der Waals surface area contributed by atoms with Gasteiger partial charge in [-0.05, 0) is 37.1 Å². The molecule has 2 amide bonds. The molecule has 0 spiro atoms. The van der Waals surface area contributed by atoms with Gasteiger partial charge in [0.1, 0.15) is 23.3 Å². The number of benzene rings is 2. The third kappa shape index (κ3) is 4.27. The average Bonchev–Trinajstić information content (AvgIpc) is 2.63. The van der Waals surface area contributed by atoms with Crippen LogP contribution in [0.3, 0.4) is 0 Å². The standard InChI is InChI=1S/C19H16F4N2O2/c20-12-1-3-14(15(22)9-12)19(27)25-7-5-11(6-8-25)18(26)24-17-4-2-13(21)10-16(17)23/h1-4,9-11H,5-8H2,(H,24,26). The zero-order valence-electron chi connectivity index (χ0n) is 14.1. The minimum absolute atomic E-state index is 0.117. The number of nitrogens with one attached hydrogen (secondary N) is 1. The highest BCUT2D eigenvalue weighted by atomic mass is 19.1. The second-order valence-corrected chi connectivity index (χ2v) is 6.30. The lowest BCUT2D eigenvalue weighted by Crippen LogP contribution is -2.41. The van der Waals surface area contributed by atoms with E-state index in [9.17, 15) is 27.2 Å². The fourth-order valence-electron chi connectivity index (χ4n) is 3.00. The van der Waals surface area contributed by atoms with Crippen LogP contribution in [-0.2, 0) is 4.79 Å². The molecule has 0 radical (unpaired) electrons. The highest BCUT2D eigenvalue weighted by Gasteiger charge is 2.29. The molecule has 1 N–H and O–H groups in total. The minimum atomic E-state index is -0.938. The van der Waals surface area contributed by atoms with Crippen molar-refractivity contribution in [3.63, 3.8) is 0 Å². The smallest absolute Gasteiger partial charge is 0.256 e. The van der Waals surface area contributed by atoms with Crippen LogP contribution in [0.2, 0.25) is 0 Å². The summed E-state index contributed by atoms with van der Waals surface area (Å²) >= 11 is 0. The van der Waals surface area contributed by atoms with Crippen molar-refractivity contribution in [2.45, 2.75) is 12.8 Å². The summed E-state index contributed by atoms with van der Waals surface area (Å²) in [6.07, 6.45) is 0.617. The van der Waals surface area contributed by atoms with Gasteiger partial charge in [0, 0.05) is 31.1 Å². The predicted octanol–water partition coefficient (Wildman–Crippen LogP) is 3.73. The molecule has 4 nitrogen and oxygen atoms in total. The van der Waals surface area contributed by atoms with Crippen molar-refractivity contribution >= 4 is 17.5 Å². The van der Waals surface area contributed by atoms with Crippen molar-refractivity contribution in [1.82, 2.24) is 4.90 Å². The molecule has 0 aromatic heterocycles. The number of piperidine rings is 1. The monoisotopic (exact) mass is 380 g/mol. The van der Waals surface area contributed by atoms with Gasteiger partial charge < -0.3 is 10.2 Å². The molecule has 0 unspecified atom stereocenters. The first-order valence-electron chi connectivity index (χ1n) is 8.35. The predicted molar refractivity (Wildman–Crippen MR) is 90.0 cm³/mol. The fourth-order valence-corrected chi connectivity index (χ4v) is 3.00. The van der Waals surface area contributed by atoms with E-state index in [1.165, 1.54) is 4.90 Å². The van der Waals surface area contributed by atoms with Gasteiger partial charge in [-0.25, -0.2) is 17.6 Å². The van der Waals surface area contributed by atoms with Crippen LogP contribution in [0.1, 0.15) is 23.2 Å². The first-order chi connectivity index (χ1) is 12.8. The SMILES string of the molecule is O=C(Nc1ccc(F)cc1F)C1CCN(C(=O)c2ccc(F)cc2F)CC1. The lowest BCUT2D eigenvalue weighted by Gasteiger charge is -2.31. The van der Waals surface area contributed by atoms with E-state index in [-0.39, 0.29) is 24.3 Å². The van der Waals surface area contributed by atoms with Crippen molar-refractivity contribution < 1.29 is 27.2 Å². The Hall–Kier alpha value is -2.90. The normalized spacial score (nSPS) is 14.9. The molecule has 27 heavy (non-hydrogen) atoms. The van der Waals surface area contributed by atoms with Crippen molar-refractivity contribution in [2.24, 2.45) is 5.92 Å². The van der Waals surface area contributed by atoms with Crippen molar-refractivity contribution in [2.75, 3.05) is 18.4 Å².